The molecular weight excluding hydrogens is 398 g/mol. The van der Waals surface area contributed by atoms with Crippen molar-refractivity contribution >= 4 is 32.6 Å². The third-order valence-corrected chi connectivity index (χ3v) is 6.17. The van der Waals surface area contributed by atoms with Gasteiger partial charge in [-0.1, -0.05) is 41.7 Å². The van der Waals surface area contributed by atoms with Gasteiger partial charge in [0.05, 0.1) is 36.5 Å². The van der Waals surface area contributed by atoms with Gasteiger partial charge in [-0.25, -0.2) is 4.98 Å². The van der Waals surface area contributed by atoms with Gasteiger partial charge >= 0.3 is 0 Å². The van der Waals surface area contributed by atoms with Gasteiger partial charge in [0.15, 0.2) is 5.13 Å². The van der Waals surface area contributed by atoms with E-state index in [1.165, 1.54) is 0 Å². The maximum atomic E-state index is 13.3. The van der Waals surface area contributed by atoms with Crippen LogP contribution < -0.4 is 9.64 Å². The number of hydrogen-bond donors (Lipinski definition) is 0. The van der Waals surface area contributed by atoms with Crippen LogP contribution in [0.1, 0.15) is 12.5 Å². The predicted molar refractivity (Wildman–Crippen MR) is 121 cm³/mol. The summed E-state index contributed by atoms with van der Waals surface area (Å²) in [5.41, 5.74) is 1.90. The molecule has 0 spiro atoms. The molecule has 0 radical (unpaired) electrons. The molecule has 7 heteroatoms. The summed E-state index contributed by atoms with van der Waals surface area (Å²) in [6.07, 6.45) is 0.365. The third kappa shape index (κ3) is 5.16. The normalized spacial score (nSPS) is 14.7. The molecule has 30 heavy (non-hydrogen) atoms. The molecule has 2 heterocycles. The molecule has 0 saturated carbocycles. The van der Waals surface area contributed by atoms with Gasteiger partial charge in [0.25, 0.3) is 0 Å². The molecule has 0 atom stereocenters. The molecule has 0 unspecified atom stereocenters. The Morgan fingerprint density at radius 1 is 1.20 bits per heavy atom. The molecule has 1 aliphatic rings. The van der Waals surface area contributed by atoms with Crippen LogP contribution in [0.25, 0.3) is 10.2 Å². The minimum atomic E-state index is 0.0681. The number of hydrogen-bond acceptors (Lipinski definition) is 6. The van der Waals surface area contributed by atoms with Crippen molar-refractivity contribution < 1.29 is 14.3 Å². The highest BCUT2D eigenvalue weighted by Crippen LogP contribution is 2.32. The number of benzene rings is 2. The molecule has 0 N–H and O–H groups in total. The van der Waals surface area contributed by atoms with Gasteiger partial charge in [-0.05, 0) is 30.7 Å². The van der Waals surface area contributed by atoms with Gasteiger partial charge in [0.1, 0.15) is 5.75 Å². The van der Waals surface area contributed by atoms with E-state index in [2.05, 4.69) is 4.90 Å². The minimum absolute atomic E-state index is 0.0681. The Balaban J connectivity index is 1.56. The van der Waals surface area contributed by atoms with E-state index in [-0.39, 0.29) is 5.91 Å². The van der Waals surface area contributed by atoms with Crippen LogP contribution in [-0.4, -0.2) is 61.8 Å². The molecule has 158 valence electrons. The van der Waals surface area contributed by atoms with Gasteiger partial charge in [-0.15, -0.1) is 0 Å². The number of ether oxygens (including phenoxy) is 2. The fourth-order valence-electron chi connectivity index (χ4n) is 3.52. The maximum absolute atomic E-state index is 13.3. The highest BCUT2D eigenvalue weighted by Gasteiger charge is 2.22. The second kappa shape index (κ2) is 10.0. The van der Waals surface area contributed by atoms with E-state index >= 15 is 0 Å². The van der Waals surface area contributed by atoms with Crippen molar-refractivity contribution in [2.75, 3.05) is 50.9 Å². The number of nitrogens with zero attached hydrogens (tertiary/aromatic N) is 3. The van der Waals surface area contributed by atoms with E-state index in [0.717, 1.165) is 59.5 Å². The topological polar surface area (TPSA) is 54.9 Å². The van der Waals surface area contributed by atoms with Crippen LogP contribution >= 0.6 is 11.3 Å². The first-order valence-corrected chi connectivity index (χ1v) is 11.2. The van der Waals surface area contributed by atoms with Crippen LogP contribution in [-0.2, 0) is 16.0 Å². The summed E-state index contributed by atoms with van der Waals surface area (Å²) in [6, 6.07) is 15.8. The summed E-state index contributed by atoms with van der Waals surface area (Å²) < 4.78 is 12.1. The van der Waals surface area contributed by atoms with Crippen LogP contribution in [0.4, 0.5) is 5.13 Å². The van der Waals surface area contributed by atoms with E-state index in [9.17, 15) is 4.79 Å². The number of thiazole rings is 1. The van der Waals surface area contributed by atoms with Crippen molar-refractivity contribution in [1.29, 1.82) is 0 Å². The molecule has 1 amide bonds. The summed E-state index contributed by atoms with van der Waals surface area (Å²) in [5, 5.41) is 0.743. The summed E-state index contributed by atoms with van der Waals surface area (Å²) >= 11 is 1.54. The van der Waals surface area contributed by atoms with Crippen LogP contribution in [0.2, 0.25) is 0 Å². The molecule has 1 fully saturated rings. The molecular formula is C23H27N3O3S. The van der Waals surface area contributed by atoms with Crippen molar-refractivity contribution in [3.05, 3.63) is 54.1 Å². The number of amides is 1. The fourth-order valence-corrected chi connectivity index (χ4v) is 4.56. The summed E-state index contributed by atoms with van der Waals surface area (Å²) in [6.45, 7) is 7.32. The zero-order chi connectivity index (χ0) is 20.8. The lowest BCUT2D eigenvalue weighted by Crippen LogP contribution is -2.43. The van der Waals surface area contributed by atoms with Crippen molar-refractivity contribution in [3.63, 3.8) is 0 Å². The smallest absolute Gasteiger partial charge is 0.233 e. The molecule has 1 aliphatic heterocycles. The van der Waals surface area contributed by atoms with E-state index in [4.69, 9.17) is 14.5 Å². The maximum Gasteiger partial charge on any atom is 0.233 e. The molecule has 1 saturated heterocycles. The Morgan fingerprint density at radius 3 is 2.77 bits per heavy atom. The Morgan fingerprint density at radius 2 is 2.00 bits per heavy atom. The van der Waals surface area contributed by atoms with Crippen molar-refractivity contribution in [2.24, 2.45) is 0 Å². The number of anilines is 1. The van der Waals surface area contributed by atoms with E-state index in [1.807, 2.05) is 60.4 Å². The molecule has 4 rings (SSSR count). The van der Waals surface area contributed by atoms with Gasteiger partial charge in [0.2, 0.25) is 5.91 Å². The second-order valence-corrected chi connectivity index (χ2v) is 8.23. The van der Waals surface area contributed by atoms with Crippen molar-refractivity contribution in [1.82, 2.24) is 9.88 Å². The molecule has 2 aromatic carbocycles. The Bertz CT molecular complexity index is 970. The molecule has 1 aromatic heterocycles. The molecule has 6 nitrogen and oxygen atoms in total. The number of rotatable bonds is 8. The Labute approximate surface area is 181 Å². The Kier molecular flexibility index (Phi) is 6.94. The van der Waals surface area contributed by atoms with Crippen molar-refractivity contribution in [3.8, 4) is 5.75 Å². The molecule has 3 aromatic rings. The lowest BCUT2D eigenvalue weighted by atomic mass is 10.1. The standard InChI is InChI=1S/C23H27N3O3S/c1-2-29-19-8-9-20-21(17-19)30-23(24-20)26(11-10-25-12-14-28-15-13-25)22(27)16-18-6-4-3-5-7-18/h3-9,17H,2,10-16H2,1H3. The number of carbonyl (C=O) groups excluding carboxylic acids is 1. The SMILES string of the molecule is CCOc1ccc2nc(N(CCN3CCOCC3)C(=O)Cc3ccccc3)sc2c1. The van der Waals surface area contributed by atoms with Crippen LogP contribution in [0.3, 0.4) is 0 Å². The fraction of sp³-hybridized carbons (Fsp3) is 0.391. The quantitative estimate of drug-likeness (QED) is 0.552. The van der Waals surface area contributed by atoms with Gasteiger partial charge < -0.3 is 9.47 Å². The first-order chi connectivity index (χ1) is 14.7. The second-order valence-electron chi connectivity index (χ2n) is 7.22. The van der Waals surface area contributed by atoms with Gasteiger partial charge in [-0.2, -0.15) is 0 Å². The van der Waals surface area contributed by atoms with Gasteiger partial charge in [-0.3, -0.25) is 14.6 Å². The first-order valence-electron chi connectivity index (χ1n) is 10.4. The van der Waals surface area contributed by atoms with E-state index < -0.39 is 0 Å². The largest absolute Gasteiger partial charge is 0.494 e. The highest BCUT2D eigenvalue weighted by atomic mass is 32.1. The number of aromatic nitrogens is 1. The Hall–Kier alpha value is -2.48. The van der Waals surface area contributed by atoms with E-state index in [0.29, 0.717) is 19.6 Å². The minimum Gasteiger partial charge on any atom is -0.494 e. The van der Waals surface area contributed by atoms with Crippen LogP contribution in [0.15, 0.2) is 48.5 Å². The first kappa shape index (κ1) is 20.8. The lowest BCUT2D eigenvalue weighted by Gasteiger charge is -2.29. The zero-order valence-electron chi connectivity index (χ0n) is 17.3. The van der Waals surface area contributed by atoms with Crippen molar-refractivity contribution in [2.45, 2.75) is 13.3 Å². The highest BCUT2D eigenvalue weighted by molar-refractivity contribution is 7.22. The zero-order valence-corrected chi connectivity index (χ0v) is 18.1. The molecule has 0 bridgehead atoms. The third-order valence-electron chi connectivity index (χ3n) is 5.13. The summed E-state index contributed by atoms with van der Waals surface area (Å²) in [5.74, 6) is 0.897. The number of fused-ring (bicyclic) bond motifs is 1. The summed E-state index contributed by atoms with van der Waals surface area (Å²) in [4.78, 5) is 22.2. The number of morpholine rings is 1. The average Bonchev–Trinajstić information content (AvgIpc) is 3.18. The molecule has 0 aliphatic carbocycles. The van der Waals surface area contributed by atoms with E-state index in [1.54, 1.807) is 11.3 Å². The van der Waals surface area contributed by atoms with Crippen LogP contribution in [0.5, 0.6) is 5.75 Å². The summed E-state index contributed by atoms with van der Waals surface area (Å²) in [7, 11) is 0. The number of carbonyl (C=O) groups is 1. The predicted octanol–water partition coefficient (Wildman–Crippen LogP) is 3.60. The average molecular weight is 426 g/mol. The monoisotopic (exact) mass is 425 g/mol. The van der Waals surface area contributed by atoms with Crippen LogP contribution in [0, 0.1) is 0 Å². The van der Waals surface area contributed by atoms with Gasteiger partial charge in [0, 0.05) is 26.2 Å². The lowest BCUT2D eigenvalue weighted by molar-refractivity contribution is -0.118.